The molecule has 1 amide bonds. The zero-order valence-electron chi connectivity index (χ0n) is 14.1. The summed E-state index contributed by atoms with van der Waals surface area (Å²) in [5.41, 5.74) is 6.29. The van der Waals surface area contributed by atoms with Gasteiger partial charge in [-0.1, -0.05) is 24.4 Å². The van der Waals surface area contributed by atoms with Crippen LogP contribution in [0.4, 0.5) is 0 Å². The van der Waals surface area contributed by atoms with Crippen molar-refractivity contribution in [3.8, 4) is 11.5 Å². The third-order valence-electron chi connectivity index (χ3n) is 4.31. The molecule has 7 heteroatoms. The molecule has 2 unspecified atom stereocenters. The number of amides is 1. The van der Waals surface area contributed by atoms with Crippen molar-refractivity contribution in [2.45, 2.75) is 38.6 Å². The Hall–Kier alpha value is -1.17. The highest BCUT2D eigenvalue weighted by molar-refractivity contribution is 6.32. The van der Waals surface area contributed by atoms with E-state index >= 15 is 0 Å². The molecule has 2 atom stereocenters. The van der Waals surface area contributed by atoms with Crippen molar-refractivity contribution in [3.05, 3.63) is 22.7 Å². The highest BCUT2D eigenvalue weighted by atomic mass is 35.5. The maximum absolute atomic E-state index is 12.6. The summed E-state index contributed by atoms with van der Waals surface area (Å²) in [6.45, 7) is 2.94. The molecule has 0 aliphatic heterocycles. The summed E-state index contributed by atoms with van der Waals surface area (Å²) >= 11 is 6.23. The van der Waals surface area contributed by atoms with Crippen molar-refractivity contribution in [2.24, 2.45) is 11.7 Å². The Bertz CT molecular complexity index is 555. The number of nitrogens with one attached hydrogen (secondary N) is 1. The van der Waals surface area contributed by atoms with Gasteiger partial charge >= 0.3 is 0 Å². The van der Waals surface area contributed by atoms with Gasteiger partial charge in [0.25, 0.3) is 5.91 Å². The van der Waals surface area contributed by atoms with Crippen LogP contribution in [-0.4, -0.2) is 32.2 Å². The van der Waals surface area contributed by atoms with Crippen LogP contribution in [0.2, 0.25) is 5.02 Å². The Morgan fingerprint density at radius 1 is 1.38 bits per heavy atom. The fraction of sp³-hybridized carbons (Fsp3) is 0.588. The zero-order valence-corrected chi connectivity index (χ0v) is 15.7. The van der Waals surface area contributed by atoms with Crippen LogP contribution in [-0.2, 0) is 0 Å². The number of methoxy groups -OCH3 is 1. The van der Waals surface area contributed by atoms with Crippen LogP contribution in [0.25, 0.3) is 0 Å². The number of carbonyl (C=O) groups excluding carboxylic acids is 1. The van der Waals surface area contributed by atoms with Gasteiger partial charge in [0.15, 0.2) is 11.5 Å². The topological polar surface area (TPSA) is 73.6 Å². The monoisotopic (exact) mass is 376 g/mol. The lowest BCUT2D eigenvalue weighted by atomic mass is 9.84. The molecule has 24 heavy (non-hydrogen) atoms. The average molecular weight is 377 g/mol. The molecule has 0 heterocycles. The fourth-order valence-electron chi connectivity index (χ4n) is 3.07. The summed E-state index contributed by atoms with van der Waals surface area (Å²) in [6.07, 6.45) is 4.33. The number of hydrogen-bond acceptors (Lipinski definition) is 4. The van der Waals surface area contributed by atoms with Crippen LogP contribution in [0.15, 0.2) is 12.1 Å². The first-order valence-corrected chi connectivity index (χ1v) is 8.49. The van der Waals surface area contributed by atoms with Gasteiger partial charge in [-0.25, -0.2) is 0 Å². The normalized spacial score (nSPS) is 20.0. The van der Waals surface area contributed by atoms with Crippen LogP contribution < -0.4 is 20.5 Å². The number of rotatable bonds is 6. The van der Waals surface area contributed by atoms with Gasteiger partial charge in [0, 0.05) is 11.6 Å². The Morgan fingerprint density at radius 3 is 2.71 bits per heavy atom. The van der Waals surface area contributed by atoms with E-state index in [9.17, 15) is 4.79 Å². The second-order valence-corrected chi connectivity index (χ2v) is 6.19. The highest BCUT2D eigenvalue weighted by Gasteiger charge is 2.26. The second kappa shape index (κ2) is 9.97. The van der Waals surface area contributed by atoms with Gasteiger partial charge in [-0.15, -0.1) is 12.4 Å². The Labute approximate surface area is 154 Å². The van der Waals surface area contributed by atoms with Crippen LogP contribution in [0.5, 0.6) is 11.5 Å². The predicted octanol–water partition coefficient (Wildman–Crippen LogP) is 3.42. The van der Waals surface area contributed by atoms with Gasteiger partial charge < -0.3 is 20.5 Å². The minimum Gasteiger partial charge on any atom is -0.493 e. The van der Waals surface area contributed by atoms with Crippen LogP contribution in [0.3, 0.4) is 0 Å². The molecule has 0 radical (unpaired) electrons. The van der Waals surface area contributed by atoms with E-state index in [4.69, 9.17) is 26.8 Å². The number of hydrogen-bond donors (Lipinski definition) is 2. The smallest absolute Gasteiger partial charge is 0.251 e. The molecule has 1 aromatic rings. The minimum absolute atomic E-state index is 0. The van der Waals surface area contributed by atoms with Crippen molar-refractivity contribution in [3.63, 3.8) is 0 Å². The van der Waals surface area contributed by atoms with E-state index in [1.807, 2.05) is 6.92 Å². The molecule has 0 bridgehead atoms. The van der Waals surface area contributed by atoms with E-state index in [1.165, 1.54) is 13.5 Å². The van der Waals surface area contributed by atoms with Crippen LogP contribution in [0, 0.1) is 5.92 Å². The molecular weight excluding hydrogens is 351 g/mol. The molecule has 0 saturated heterocycles. The third kappa shape index (κ3) is 4.91. The van der Waals surface area contributed by atoms with Gasteiger partial charge in [-0.3, -0.25) is 4.79 Å². The minimum atomic E-state index is -0.154. The standard InChI is InChI=1S/C17H25ClN2O3.ClH/c1-3-23-16-13(18)8-12(9-15(16)22-2)17(21)20-14-7-5-4-6-11(14)10-19;/h8-9,11,14H,3-7,10,19H2,1-2H3,(H,20,21);1H. The molecule has 136 valence electrons. The Balaban J connectivity index is 0.00000288. The number of nitrogens with two attached hydrogens (primary N) is 1. The molecule has 0 aromatic heterocycles. The predicted molar refractivity (Wildman–Crippen MR) is 98.7 cm³/mol. The molecule has 3 N–H and O–H groups in total. The first-order chi connectivity index (χ1) is 11.1. The SMILES string of the molecule is CCOc1c(Cl)cc(C(=O)NC2CCCCC2CN)cc1OC.Cl. The van der Waals surface area contributed by atoms with Crippen molar-refractivity contribution in [2.75, 3.05) is 20.3 Å². The lowest BCUT2D eigenvalue weighted by Gasteiger charge is -2.31. The first kappa shape index (κ1) is 20.9. The van der Waals surface area contributed by atoms with Crippen LogP contribution in [0.1, 0.15) is 43.0 Å². The lowest BCUT2D eigenvalue weighted by Crippen LogP contribution is -2.44. The van der Waals surface area contributed by atoms with Gasteiger partial charge in [-0.05, 0) is 44.4 Å². The number of halogens is 2. The molecule has 1 aliphatic rings. The summed E-state index contributed by atoms with van der Waals surface area (Å²) in [7, 11) is 1.53. The van der Waals surface area contributed by atoms with Crippen molar-refractivity contribution >= 4 is 29.9 Å². The van der Waals surface area contributed by atoms with E-state index in [2.05, 4.69) is 5.32 Å². The summed E-state index contributed by atoms with van der Waals surface area (Å²) in [4.78, 5) is 12.6. The van der Waals surface area contributed by atoms with E-state index in [1.54, 1.807) is 12.1 Å². The lowest BCUT2D eigenvalue weighted by molar-refractivity contribution is 0.0907. The molecule has 1 fully saturated rings. The molecule has 1 aromatic carbocycles. The maximum atomic E-state index is 12.6. The number of carbonyl (C=O) groups is 1. The van der Waals surface area contributed by atoms with Crippen molar-refractivity contribution in [1.82, 2.24) is 5.32 Å². The highest BCUT2D eigenvalue weighted by Crippen LogP contribution is 2.36. The number of benzene rings is 1. The van der Waals surface area contributed by atoms with Gasteiger partial charge in [0.2, 0.25) is 0 Å². The fourth-order valence-corrected chi connectivity index (χ4v) is 3.33. The van der Waals surface area contributed by atoms with E-state index < -0.39 is 0 Å². The molecule has 2 rings (SSSR count). The summed E-state index contributed by atoms with van der Waals surface area (Å²) in [5.74, 6) is 1.11. The average Bonchev–Trinajstić information content (AvgIpc) is 2.57. The zero-order chi connectivity index (χ0) is 16.8. The molecule has 1 aliphatic carbocycles. The first-order valence-electron chi connectivity index (χ1n) is 8.12. The van der Waals surface area contributed by atoms with Gasteiger partial charge in [0.05, 0.1) is 18.7 Å². The second-order valence-electron chi connectivity index (χ2n) is 5.78. The summed E-state index contributed by atoms with van der Waals surface area (Å²) in [5, 5.41) is 3.46. The summed E-state index contributed by atoms with van der Waals surface area (Å²) < 4.78 is 10.8. The summed E-state index contributed by atoms with van der Waals surface area (Å²) in [6, 6.07) is 3.40. The Morgan fingerprint density at radius 2 is 2.08 bits per heavy atom. The molecular formula is C17H26Cl2N2O3. The van der Waals surface area contributed by atoms with Crippen molar-refractivity contribution in [1.29, 1.82) is 0 Å². The quantitative estimate of drug-likeness (QED) is 0.797. The van der Waals surface area contributed by atoms with E-state index in [0.29, 0.717) is 41.2 Å². The third-order valence-corrected chi connectivity index (χ3v) is 4.59. The molecule has 1 saturated carbocycles. The molecule has 5 nitrogen and oxygen atoms in total. The largest absolute Gasteiger partial charge is 0.493 e. The van der Waals surface area contributed by atoms with Crippen molar-refractivity contribution < 1.29 is 14.3 Å². The van der Waals surface area contributed by atoms with E-state index in [0.717, 1.165) is 19.3 Å². The molecule has 0 spiro atoms. The van der Waals surface area contributed by atoms with Gasteiger partial charge in [0.1, 0.15) is 0 Å². The number of ether oxygens (including phenoxy) is 2. The van der Waals surface area contributed by atoms with E-state index in [-0.39, 0.29) is 24.4 Å². The maximum Gasteiger partial charge on any atom is 0.251 e. The Kier molecular flexibility index (Phi) is 8.67. The van der Waals surface area contributed by atoms with Crippen LogP contribution >= 0.6 is 24.0 Å². The van der Waals surface area contributed by atoms with Gasteiger partial charge in [-0.2, -0.15) is 0 Å².